The second-order valence-corrected chi connectivity index (χ2v) is 3.38. The van der Waals surface area contributed by atoms with Crippen molar-refractivity contribution in [1.29, 1.82) is 0 Å². The maximum atomic E-state index is 11.3. The molecule has 0 bridgehead atoms. The Morgan fingerprint density at radius 3 is 2.79 bits per heavy atom. The highest BCUT2D eigenvalue weighted by molar-refractivity contribution is 7.80. The van der Waals surface area contributed by atoms with E-state index < -0.39 is 0 Å². The van der Waals surface area contributed by atoms with Crippen molar-refractivity contribution >= 4 is 24.3 Å². The lowest BCUT2D eigenvalue weighted by Crippen LogP contribution is -2.29. The normalized spacial score (nSPS) is 9.57. The number of hydrogen-bond acceptors (Lipinski definition) is 2. The molecule has 14 heavy (non-hydrogen) atoms. The van der Waals surface area contributed by atoms with Crippen molar-refractivity contribution in [2.24, 2.45) is 0 Å². The van der Waals surface area contributed by atoms with Crippen LogP contribution in [0.15, 0.2) is 29.2 Å². The Labute approximate surface area is 89.3 Å². The quantitative estimate of drug-likeness (QED) is 0.659. The summed E-state index contributed by atoms with van der Waals surface area (Å²) in [5, 5.41) is 5.44. The van der Waals surface area contributed by atoms with Crippen LogP contribution in [-0.4, -0.2) is 12.6 Å². The van der Waals surface area contributed by atoms with Gasteiger partial charge in [-0.2, -0.15) is 0 Å². The molecule has 1 aromatic rings. The van der Waals surface area contributed by atoms with E-state index in [1.165, 1.54) is 0 Å². The number of hydrogen-bond donors (Lipinski definition) is 3. The highest BCUT2D eigenvalue weighted by atomic mass is 32.1. The molecule has 0 unspecified atom stereocenters. The zero-order valence-corrected chi connectivity index (χ0v) is 8.97. The predicted molar refractivity (Wildman–Crippen MR) is 61.0 cm³/mol. The van der Waals surface area contributed by atoms with Gasteiger partial charge in [0.2, 0.25) is 0 Å². The molecule has 4 heteroatoms. The number of carbonyl (C=O) groups is 1. The molecule has 0 spiro atoms. The van der Waals surface area contributed by atoms with E-state index in [9.17, 15) is 4.79 Å². The Bertz CT molecular complexity index is 315. The first kappa shape index (κ1) is 10.9. The molecule has 76 valence electrons. The van der Waals surface area contributed by atoms with Gasteiger partial charge in [-0.15, -0.1) is 12.6 Å². The summed E-state index contributed by atoms with van der Waals surface area (Å²) in [4.78, 5) is 12.0. The third-order valence-electron chi connectivity index (χ3n) is 1.69. The number of amides is 2. The summed E-state index contributed by atoms with van der Waals surface area (Å²) in [5.74, 6) is 0. The Morgan fingerprint density at radius 1 is 1.43 bits per heavy atom. The van der Waals surface area contributed by atoms with Crippen LogP contribution < -0.4 is 10.6 Å². The maximum absolute atomic E-state index is 11.3. The van der Waals surface area contributed by atoms with Gasteiger partial charge in [0.15, 0.2) is 0 Å². The molecule has 0 saturated heterocycles. The second-order valence-electron chi connectivity index (χ2n) is 2.90. The number of nitrogens with one attached hydrogen (secondary N) is 2. The van der Waals surface area contributed by atoms with Gasteiger partial charge in [0, 0.05) is 11.4 Å². The summed E-state index contributed by atoms with van der Waals surface area (Å²) >= 11 is 4.22. The third-order valence-corrected chi connectivity index (χ3v) is 2.08. The lowest BCUT2D eigenvalue weighted by Gasteiger charge is -2.07. The molecule has 3 nitrogen and oxygen atoms in total. The minimum absolute atomic E-state index is 0.187. The first-order valence-electron chi connectivity index (χ1n) is 4.57. The minimum atomic E-state index is -0.187. The molecule has 0 aliphatic heterocycles. The molecule has 1 aromatic carbocycles. The molecule has 0 aliphatic rings. The molecule has 2 amide bonds. The molecule has 1 rings (SSSR count). The van der Waals surface area contributed by atoms with E-state index in [1.54, 1.807) is 0 Å². The smallest absolute Gasteiger partial charge is 0.319 e. The van der Waals surface area contributed by atoms with Crippen LogP contribution in [-0.2, 0) is 0 Å². The van der Waals surface area contributed by atoms with E-state index in [0.29, 0.717) is 6.54 Å². The first-order valence-corrected chi connectivity index (χ1v) is 5.01. The maximum Gasteiger partial charge on any atom is 0.319 e. The molecule has 0 fully saturated rings. The average Bonchev–Trinajstić information content (AvgIpc) is 2.18. The highest BCUT2D eigenvalue weighted by Gasteiger charge is 2.01. The molecular formula is C10H14N2OS. The van der Waals surface area contributed by atoms with Crippen molar-refractivity contribution in [1.82, 2.24) is 5.32 Å². The van der Waals surface area contributed by atoms with Crippen LogP contribution >= 0.6 is 12.6 Å². The molecule has 0 atom stereocenters. The van der Waals surface area contributed by atoms with Crippen molar-refractivity contribution in [3.05, 3.63) is 24.3 Å². The lowest BCUT2D eigenvalue weighted by atomic mass is 10.3. The number of benzene rings is 1. The van der Waals surface area contributed by atoms with Crippen LogP contribution in [0.5, 0.6) is 0 Å². The monoisotopic (exact) mass is 210 g/mol. The van der Waals surface area contributed by atoms with Crippen LogP contribution in [0.1, 0.15) is 13.3 Å². The Hall–Kier alpha value is -1.16. The molecule has 0 heterocycles. The Morgan fingerprint density at radius 2 is 2.14 bits per heavy atom. The van der Waals surface area contributed by atoms with Gasteiger partial charge in [-0.1, -0.05) is 19.1 Å². The Kier molecular flexibility index (Phi) is 4.32. The molecule has 0 radical (unpaired) electrons. The fourth-order valence-electron chi connectivity index (χ4n) is 0.984. The van der Waals surface area contributed by atoms with Crippen LogP contribution in [0.4, 0.5) is 10.5 Å². The van der Waals surface area contributed by atoms with Crippen LogP contribution in [0.2, 0.25) is 0 Å². The number of urea groups is 1. The second kappa shape index (κ2) is 5.54. The van der Waals surface area contributed by atoms with E-state index in [0.717, 1.165) is 17.0 Å². The van der Waals surface area contributed by atoms with Gasteiger partial charge in [0.25, 0.3) is 0 Å². The van der Waals surface area contributed by atoms with Crippen LogP contribution in [0, 0.1) is 0 Å². The SMILES string of the molecule is CCCNC(=O)Nc1ccccc1S. The van der Waals surface area contributed by atoms with Crippen LogP contribution in [0.3, 0.4) is 0 Å². The lowest BCUT2D eigenvalue weighted by molar-refractivity contribution is 0.252. The predicted octanol–water partition coefficient (Wildman–Crippen LogP) is 2.51. The molecule has 0 aromatic heterocycles. The number of rotatable bonds is 3. The molecule has 2 N–H and O–H groups in total. The van der Waals surface area contributed by atoms with Gasteiger partial charge in [0.05, 0.1) is 5.69 Å². The van der Waals surface area contributed by atoms with Crippen molar-refractivity contribution in [3.8, 4) is 0 Å². The van der Waals surface area contributed by atoms with Crippen molar-refractivity contribution in [3.63, 3.8) is 0 Å². The molecular weight excluding hydrogens is 196 g/mol. The van der Waals surface area contributed by atoms with Gasteiger partial charge >= 0.3 is 6.03 Å². The fraction of sp³-hybridized carbons (Fsp3) is 0.300. The Balaban J connectivity index is 2.52. The summed E-state index contributed by atoms with van der Waals surface area (Å²) in [6.45, 7) is 2.69. The van der Waals surface area contributed by atoms with Gasteiger partial charge in [-0.05, 0) is 18.6 Å². The number of para-hydroxylation sites is 1. The van der Waals surface area contributed by atoms with E-state index in [1.807, 2.05) is 31.2 Å². The van der Waals surface area contributed by atoms with E-state index in [-0.39, 0.29) is 6.03 Å². The molecule has 0 aliphatic carbocycles. The van der Waals surface area contributed by atoms with Gasteiger partial charge in [0.1, 0.15) is 0 Å². The standard InChI is InChI=1S/C10H14N2OS/c1-2-7-11-10(13)12-8-5-3-4-6-9(8)14/h3-6,14H,2,7H2,1H3,(H2,11,12,13). The number of thiol groups is 1. The van der Waals surface area contributed by atoms with Crippen molar-refractivity contribution in [2.75, 3.05) is 11.9 Å². The summed E-state index contributed by atoms with van der Waals surface area (Å²) in [7, 11) is 0. The van der Waals surface area contributed by atoms with Gasteiger partial charge in [-0.3, -0.25) is 0 Å². The topological polar surface area (TPSA) is 41.1 Å². The average molecular weight is 210 g/mol. The minimum Gasteiger partial charge on any atom is -0.338 e. The summed E-state index contributed by atoms with van der Waals surface area (Å²) < 4.78 is 0. The zero-order valence-electron chi connectivity index (χ0n) is 8.08. The molecule has 0 saturated carbocycles. The van der Waals surface area contributed by atoms with Gasteiger partial charge < -0.3 is 10.6 Å². The van der Waals surface area contributed by atoms with E-state index >= 15 is 0 Å². The zero-order chi connectivity index (χ0) is 10.4. The fourth-order valence-corrected chi connectivity index (χ4v) is 1.20. The van der Waals surface area contributed by atoms with Crippen molar-refractivity contribution < 1.29 is 4.79 Å². The van der Waals surface area contributed by atoms with Crippen LogP contribution in [0.25, 0.3) is 0 Å². The summed E-state index contributed by atoms with van der Waals surface area (Å²) in [6, 6.07) is 7.19. The van der Waals surface area contributed by atoms with Gasteiger partial charge in [-0.25, -0.2) is 4.79 Å². The number of anilines is 1. The third kappa shape index (κ3) is 3.30. The number of carbonyl (C=O) groups excluding carboxylic acids is 1. The largest absolute Gasteiger partial charge is 0.338 e. The van der Waals surface area contributed by atoms with E-state index in [4.69, 9.17) is 0 Å². The van der Waals surface area contributed by atoms with Crippen molar-refractivity contribution in [2.45, 2.75) is 18.2 Å². The first-order chi connectivity index (χ1) is 6.74. The summed E-state index contributed by atoms with van der Waals surface area (Å²) in [5.41, 5.74) is 0.726. The summed E-state index contributed by atoms with van der Waals surface area (Å²) in [6.07, 6.45) is 0.927. The van der Waals surface area contributed by atoms with E-state index in [2.05, 4.69) is 23.3 Å². The highest BCUT2D eigenvalue weighted by Crippen LogP contribution is 2.17.